The van der Waals surface area contributed by atoms with Crippen molar-refractivity contribution >= 4 is 52.4 Å². The Balaban J connectivity index is 2.21. The SMILES string of the molecule is Cc1cccc2c1[C@H]1[C@@H](OC2=O)C(Cl)(Cl)C1(Cl)Cl. The van der Waals surface area contributed by atoms with E-state index >= 15 is 0 Å². The number of benzene rings is 1. The van der Waals surface area contributed by atoms with Crippen LogP contribution in [0.3, 0.4) is 0 Å². The zero-order valence-corrected chi connectivity index (χ0v) is 12.2. The van der Waals surface area contributed by atoms with Gasteiger partial charge in [0.15, 0.2) is 8.67 Å². The number of alkyl halides is 4. The first-order chi connectivity index (χ1) is 8.28. The number of carbonyl (C=O) groups is 1. The maximum absolute atomic E-state index is 11.9. The number of halogens is 4. The van der Waals surface area contributed by atoms with Crippen molar-refractivity contribution in [2.24, 2.45) is 0 Å². The number of esters is 1. The fourth-order valence-corrected chi connectivity index (χ4v) is 3.86. The molecule has 0 aromatic heterocycles. The summed E-state index contributed by atoms with van der Waals surface area (Å²) >= 11 is 24.6. The van der Waals surface area contributed by atoms with Crippen LogP contribution in [0, 0.1) is 6.92 Å². The Labute approximate surface area is 124 Å². The van der Waals surface area contributed by atoms with Crippen LogP contribution < -0.4 is 0 Å². The Bertz CT molecular complexity index is 553. The van der Waals surface area contributed by atoms with Crippen molar-refractivity contribution in [3.63, 3.8) is 0 Å². The number of hydrogen-bond acceptors (Lipinski definition) is 2. The molecular weight excluding hydrogens is 318 g/mol. The average molecular weight is 326 g/mol. The second-order valence-electron chi connectivity index (χ2n) is 4.59. The van der Waals surface area contributed by atoms with Crippen LogP contribution in [-0.4, -0.2) is 20.7 Å². The lowest BCUT2D eigenvalue weighted by Crippen LogP contribution is -2.69. The Morgan fingerprint density at radius 1 is 1.17 bits per heavy atom. The summed E-state index contributed by atoms with van der Waals surface area (Å²) in [5.41, 5.74) is 2.18. The molecule has 0 bridgehead atoms. The summed E-state index contributed by atoms with van der Waals surface area (Å²) in [4.78, 5) is 11.9. The van der Waals surface area contributed by atoms with E-state index in [1.54, 1.807) is 12.1 Å². The first kappa shape index (κ1) is 12.9. The van der Waals surface area contributed by atoms with Gasteiger partial charge in [-0.1, -0.05) is 58.5 Å². The first-order valence-corrected chi connectivity index (χ1v) is 6.86. The van der Waals surface area contributed by atoms with Gasteiger partial charge >= 0.3 is 5.97 Å². The maximum atomic E-state index is 11.9. The molecule has 1 aliphatic carbocycles. The minimum absolute atomic E-state index is 0.398. The molecule has 0 radical (unpaired) electrons. The van der Waals surface area contributed by atoms with Crippen LogP contribution >= 0.6 is 46.4 Å². The van der Waals surface area contributed by atoms with Crippen molar-refractivity contribution in [2.75, 3.05) is 0 Å². The lowest BCUT2D eigenvalue weighted by molar-refractivity contribution is -0.0199. The van der Waals surface area contributed by atoms with Gasteiger partial charge in [-0.25, -0.2) is 4.79 Å². The minimum Gasteiger partial charge on any atom is -0.455 e. The van der Waals surface area contributed by atoms with E-state index < -0.39 is 26.7 Å². The molecule has 0 spiro atoms. The van der Waals surface area contributed by atoms with E-state index in [9.17, 15) is 4.79 Å². The van der Waals surface area contributed by atoms with Crippen LogP contribution in [0.15, 0.2) is 18.2 Å². The number of ether oxygens (including phenoxy) is 1. The van der Waals surface area contributed by atoms with Gasteiger partial charge in [0, 0.05) is 0 Å². The molecule has 6 heteroatoms. The maximum Gasteiger partial charge on any atom is 0.338 e. The molecule has 96 valence electrons. The van der Waals surface area contributed by atoms with E-state index in [1.165, 1.54) is 0 Å². The highest BCUT2D eigenvalue weighted by molar-refractivity contribution is 6.65. The molecule has 0 unspecified atom stereocenters. The van der Waals surface area contributed by atoms with E-state index in [-0.39, 0.29) is 0 Å². The average Bonchev–Trinajstić information content (AvgIpc) is 2.29. The largest absolute Gasteiger partial charge is 0.455 e. The summed E-state index contributed by atoms with van der Waals surface area (Å²) in [6.45, 7) is 1.89. The molecule has 1 fully saturated rings. The van der Waals surface area contributed by atoms with Gasteiger partial charge in [-0.3, -0.25) is 0 Å². The van der Waals surface area contributed by atoms with Crippen LogP contribution in [-0.2, 0) is 4.74 Å². The van der Waals surface area contributed by atoms with Gasteiger partial charge in [-0.05, 0) is 24.1 Å². The predicted octanol–water partition coefficient (Wildman–Crippen LogP) is 3.98. The van der Waals surface area contributed by atoms with Crippen molar-refractivity contribution in [3.8, 4) is 0 Å². The monoisotopic (exact) mass is 324 g/mol. The molecule has 18 heavy (non-hydrogen) atoms. The lowest BCUT2D eigenvalue weighted by atomic mass is 9.70. The standard InChI is InChI=1S/C12H8Cl4O2/c1-5-3-2-4-6-7(5)8-9(18-10(6)17)12(15,16)11(8,13)14/h2-4,8-9H,1H3/t8-,9+/m0/s1. The number of aryl methyl sites for hydroxylation is 1. The first-order valence-electron chi connectivity index (χ1n) is 5.34. The smallest absolute Gasteiger partial charge is 0.338 e. The minimum atomic E-state index is -1.49. The van der Waals surface area contributed by atoms with Gasteiger partial charge in [0.25, 0.3) is 0 Å². The normalized spacial score (nSPS) is 30.8. The lowest BCUT2D eigenvalue weighted by Gasteiger charge is -2.57. The second-order valence-corrected chi connectivity index (χ2v) is 7.36. The van der Waals surface area contributed by atoms with Crippen LogP contribution in [0.5, 0.6) is 0 Å². The number of fused-ring (bicyclic) bond motifs is 3. The number of rotatable bonds is 0. The summed E-state index contributed by atoms with van der Waals surface area (Å²) < 4.78 is 2.38. The quantitative estimate of drug-likeness (QED) is 0.532. The van der Waals surface area contributed by atoms with E-state index in [2.05, 4.69) is 0 Å². The molecule has 0 amide bonds. The van der Waals surface area contributed by atoms with Crippen molar-refractivity contribution < 1.29 is 9.53 Å². The van der Waals surface area contributed by atoms with Crippen molar-refractivity contribution in [1.29, 1.82) is 0 Å². The van der Waals surface area contributed by atoms with Gasteiger partial charge in [0.2, 0.25) is 0 Å². The summed E-state index contributed by atoms with van der Waals surface area (Å²) in [6, 6.07) is 5.36. The predicted molar refractivity (Wildman–Crippen MR) is 72.0 cm³/mol. The second kappa shape index (κ2) is 3.69. The van der Waals surface area contributed by atoms with Crippen LogP contribution in [0.1, 0.15) is 27.4 Å². The third kappa shape index (κ3) is 1.35. The molecule has 2 nitrogen and oxygen atoms in total. The van der Waals surface area contributed by atoms with Crippen LogP contribution in [0.25, 0.3) is 0 Å². The van der Waals surface area contributed by atoms with Gasteiger partial charge < -0.3 is 4.74 Å². The van der Waals surface area contributed by atoms with E-state index in [4.69, 9.17) is 51.1 Å². The molecule has 1 aromatic rings. The highest BCUT2D eigenvalue weighted by Crippen LogP contribution is 2.68. The Hall–Kier alpha value is -0.150. The molecule has 2 atom stereocenters. The Kier molecular flexibility index (Phi) is 2.64. The molecule has 1 heterocycles. The molecule has 3 rings (SSSR count). The highest BCUT2D eigenvalue weighted by Gasteiger charge is 2.75. The zero-order valence-electron chi connectivity index (χ0n) is 9.22. The molecule has 1 saturated carbocycles. The van der Waals surface area contributed by atoms with Gasteiger partial charge in [-0.2, -0.15) is 0 Å². The summed E-state index contributed by atoms with van der Waals surface area (Å²) in [5.74, 6) is -0.839. The highest BCUT2D eigenvalue weighted by atomic mass is 35.5. The van der Waals surface area contributed by atoms with E-state index in [1.807, 2.05) is 13.0 Å². The van der Waals surface area contributed by atoms with Gasteiger partial charge in [-0.15, -0.1) is 0 Å². The van der Waals surface area contributed by atoms with Crippen molar-refractivity contribution in [2.45, 2.75) is 27.6 Å². The molecule has 1 aromatic carbocycles. The third-order valence-electron chi connectivity index (χ3n) is 3.58. The van der Waals surface area contributed by atoms with E-state index in [0.29, 0.717) is 5.56 Å². The zero-order chi connectivity index (χ0) is 13.3. The Morgan fingerprint density at radius 3 is 2.50 bits per heavy atom. The van der Waals surface area contributed by atoms with Crippen LogP contribution in [0.4, 0.5) is 0 Å². The molecular formula is C12H8Cl4O2. The van der Waals surface area contributed by atoms with Gasteiger partial charge in [0.1, 0.15) is 6.10 Å². The van der Waals surface area contributed by atoms with Crippen LogP contribution in [0.2, 0.25) is 0 Å². The van der Waals surface area contributed by atoms with E-state index in [0.717, 1.165) is 11.1 Å². The third-order valence-corrected chi connectivity index (χ3v) is 6.06. The molecule has 2 aliphatic rings. The van der Waals surface area contributed by atoms with Crippen molar-refractivity contribution in [3.05, 3.63) is 34.9 Å². The summed E-state index contributed by atoms with van der Waals surface area (Å²) in [7, 11) is 0. The number of carbonyl (C=O) groups excluding carboxylic acids is 1. The fraction of sp³-hybridized carbons (Fsp3) is 0.417. The molecule has 0 saturated heterocycles. The summed E-state index contributed by atoms with van der Waals surface area (Å²) in [5, 5.41) is 0. The molecule has 1 aliphatic heterocycles. The Morgan fingerprint density at radius 2 is 1.83 bits per heavy atom. The fourth-order valence-electron chi connectivity index (χ4n) is 2.63. The topological polar surface area (TPSA) is 26.3 Å². The van der Waals surface area contributed by atoms with Crippen molar-refractivity contribution in [1.82, 2.24) is 0 Å². The molecule has 0 N–H and O–H groups in total. The van der Waals surface area contributed by atoms with Gasteiger partial charge in [0.05, 0.1) is 11.5 Å². The summed E-state index contributed by atoms with van der Waals surface area (Å²) in [6.07, 6.45) is -0.711. The number of hydrogen-bond donors (Lipinski definition) is 0.